The molecule has 2 rings (SSSR count). The number of amides is 2. The third-order valence-corrected chi connectivity index (χ3v) is 6.42. The summed E-state index contributed by atoms with van der Waals surface area (Å²) in [6.45, 7) is 0.180. The van der Waals surface area contributed by atoms with E-state index in [0.29, 0.717) is 37.3 Å². The zero-order chi connectivity index (χ0) is 27.2. The normalized spacial score (nSPS) is 15.2. The number of hydrogen-bond acceptors (Lipinski definition) is 6. The van der Waals surface area contributed by atoms with E-state index in [2.05, 4.69) is 20.9 Å². The molecule has 0 aromatic heterocycles. The van der Waals surface area contributed by atoms with Crippen molar-refractivity contribution in [1.82, 2.24) is 16.0 Å². The molecule has 204 valence electrons. The van der Waals surface area contributed by atoms with Crippen LogP contribution < -0.4 is 33.2 Å². The summed E-state index contributed by atoms with van der Waals surface area (Å²) in [5.41, 5.74) is 17.6. The van der Waals surface area contributed by atoms with Crippen molar-refractivity contribution in [2.24, 2.45) is 28.1 Å². The molecule has 0 radical (unpaired) electrons. The first-order valence-electron chi connectivity index (χ1n) is 12.7. The average molecular weight is 517 g/mol. The van der Waals surface area contributed by atoms with E-state index in [1.807, 2.05) is 0 Å². The first-order valence-corrected chi connectivity index (χ1v) is 12.7. The maximum atomic E-state index is 13.2. The van der Waals surface area contributed by atoms with Gasteiger partial charge in [0, 0.05) is 18.7 Å². The number of carboxylic acids is 1. The minimum atomic E-state index is -1.05. The Morgan fingerprint density at radius 3 is 2.30 bits per heavy atom. The number of aliphatic imine (C=N–C) groups is 1. The molecule has 37 heavy (non-hydrogen) atoms. The van der Waals surface area contributed by atoms with Crippen molar-refractivity contribution in [2.45, 2.75) is 70.0 Å². The Balaban J connectivity index is 2.06. The van der Waals surface area contributed by atoms with E-state index < -0.39 is 24.0 Å². The highest BCUT2D eigenvalue weighted by molar-refractivity contribution is 5.95. The predicted molar refractivity (Wildman–Crippen MR) is 142 cm³/mol. The van der Waals surface area contributed by atoms with E-state index in [-0.39, 0.29) is 30.8 Å². The summed E-state index contributed by atoms with van der Waals surface area (Å²) >= 11 is 0. The molecule has 1 fully saturated rings. The molecule has 0 saturated heterocycles. The number of nitrogen functional groups attached to an aromatic ring is 1. The van der Waals surface area contributed by atoms with Crippen LogP contribution in [0, 0.1) is 11.3 Å². The fourth-order valence-electron chi connectivity index (χ4n) is 4.41. The van der Waals surface area contributed by atoms with Crippen molar-refractivity contribution in [3.05, 3.63) is 35.4 Å². The number of carbonyl (C=O) groups excluding carboxylic acids is 2. The summed E-state index contributed by atoms with van der Waals surface area (Å²) in [4.78, 5) is 41.4. The molecular weight excluding hydrogens is 476 g/mol. The van der Waals surface area contributed by atoms with Crippen LogP contribution in [0.25, 0.3) is 0 Å². The second-order valence-electron chi connectivity index (χ2n) is 9.41. The van der Waals surface area contributed by atoms with E-state index in [4.69, 9.17) is 27.7 Å². The third-order valence-electron chi connectivity index (χ3n) is 6.42. The molecule has 1 aromatic rings. The maximum Gasteiger partial charge on any atom is 0.317 e. The second kappa shape index (κ2) is 15.4. The number of nitrogens with two attached hydrogens (primary N) is 3. The number of nitrogens with one attached hydrogen (secondary N) is 4. The van der Waals surface area contributed by atoms with Crippen molar-refractivity contribution < 1.29 is 19.5 Å². The quantitative estimate of drug-likeness (QED) is 0.0907. The van der Waals surface area contributed by atoms with Gasteiger partial charge in [-0.2, -0.15) is 0 Å². The highest BCUT2D eigenvalue weighted by atomic mass is 16.4. The van der Waals surface area contributed by atoms with Crippen LogP contribution in [0.3, 0.4) is 0 Å². The van der Waals surface area contributed by atoms with Crippen molar-refractivity contribution in [1.29, 1.82) is 5.41 Å². The average Bonchev–Trinajstić information content (AvgIpc) is 2.87. The molecule has 0 spiro atoms. The zero-order valence-electron chi connectivity index (χ0n) is 21.2. The molecule has 0 aliphatic heterocycles. The Morgan fingerprint density at radius 1 is 1.03 bits per heavy atom. The number of hydrogen-bond donors (Lipinski definition) is 8. The Hall–Kier alpha value is -3.67. The smallest absolute Gasteiger partial charge is 0.317 e. The van der Waals surface area contributed by atoms with E-state index in [1.54, 1.807) is 24.3 Å². The van der Waals surface area contributed by atoms with Gasteiger partial charge in [0.15, 0.2) is 5.96 Å². The summed E-state index contributed by atoms with van der Waals surface area (Å²) in [7, 11) is 0. The van der Waals surface area contributed by atoms with Gasteiger partial charge in [-0.15, -0.1) is 0 Å². The molecular formula is C25H40N8O4. The molecule has 12 nitrogen and oxygen atoms in total. The van der Waals surface area contributed by atoms with Crippen LogP contribution in [0.5, 0.6) is 0 Å². The SMILES string of the molecule is N=C(N)c1ccc(CNC(=O)[C@H](CCCN=C(N)N)NC(=O)[C@@H](CC2CCCCC2)NCC(=O)O)cc1. The number of amidine groups is 1. The van der Waals surface area contributed by atoms with E-state index in [1.165, 1.54) is 6.42 Å². The Labute approximate surface area is 217 Å². The van der Waals surface area contributed by atoms with Gasteiger partial charge >= 0.3 is 5.97 Å². The molecule has 1 aromatic carbocycles. The van der Waals surface area contributed by atoms with Crippen molar-refractivity contribution in [3.8, 4) is 0 Å². The van der Waals surface area contributed by atoms with Crippen LogP contribution in [0.1, 0.15) is 62.5 Å². The first kappa shape index (κ1) is 29.6. The number of benzene rings is 1. The number of guanidine groups is 1. The molecule has 2 amide bonds. The van der Waals surface area contributed by atoms with Gasteiger partial charge in [0.2, 0.25) is 11.8 Å². The molecule has 1 aliphatic rings. The molecule has 1 saturated carbocycles. The largest absolute Gasteiger partial charge is 0.480 e. The van der Waals surface area contributed by atoms with E-state index >= 15 is 0 Å². The first-order chi connectivity index (χ1) is 17.7. The van der Waals surface area contributed by atoms with Crippen LogP contribution in [0.15, 0.2) is 29.3 Å². The van der Waals surface area contributed by atoms with Gasteiger partial charge in [-0.25, -0.2) is 0 Å². The van der Waals surface area contributed by atoms with Crippen LogP contribution in [-0.2, 0) is 20.9 Å². The third kappa shape index (κ3) is 11.3. The van der Waals surface area contributed by atoms with Crippen LogP contribution in [0.2, 0.25) is 0 Å². The molecule has 1 aliphatic carbocycles. The molecule has 2 atom stereocenters. The number of aliphatic carboxylic acids is 1. The summed E-state index contributed by atoms with van der Waals surface area (Å²) < 4.78 is 0. The minimum absolute atomic E-state index is 0.0431. The molecule has 0 unspecified atom stereocenters. The molecule has 0 bridgehead atoms. The lowest BCUT2D eigenvalue weighted by Gasteiger charge is -2.28. The van der Waals surface area contributed by atoms with E-state index in [9.17, 15) is 14.4 Å². The molecule has 12 heteroatoms. The van der Waals surface area contributed by atoms with Crippen LogP contribution >= 0.6 is 0 Å². The number of rotatable bonds is 15. The van der Waals surface area contributed by atoms with Gasteiger partial charge < -0.3 is 32.9 Å². The Kier molecular flexibility index (Phi) is 12.3. The number of nitrogens with zero attached hydrogens (tertiary/aromatic N) is 1. The summed E-state index contributed by atoms with van der Waals surface area (Å²) in [5, 5.41) is 25.1. The molecule has 11 N–H and O–H groups in total. The van der Waals surface area contributed by atoms with Gasteiger partial charge in [-0.05, 0) is 30.7 Å². The Morgan fingerprint density at radius 2 is 1.70 bits per heavy atom. The van der Waals surface area contributed by atoms with Gasteiger partial charge in [0.25, 0.3) is 0 Å². The van der Waals surface area contributed by atoms with Gasteiger partial charge in [-0.1, -0.05) is 56.4 Å². The number of carbonyl (C=O) groups is 3. The molecule has 0 heterocycles. The number of carboxylic acid groups (broad SMARTS) is 1. The van der Waals surface area contributed by atoms with Crippen molar-refractivity contribution >= 4 is 29.6 Å². The topological polar surface area (TPSA) is 222 Å². The summed E-state index contributed by atoms with van der Waals surface area (Å²) in [6, 6.07) is 5.36. The van der Waals surface area contributed by atoms with Gasteiger partial charge in [0.1, 0.15) is 11.9 Å². The lowest BCUT2D eigenvalue weighted by molar-refractivity contribution is -0.136. The van der Waals surface area contributed by atoms with Gasteiger partial charge in [0.05, 0.1) is 12.6 Å². The standard InChI is InChI=1S/C25H40N8O4/c26-22(27)18-10-8-17(9-11-18)14-32-23(36)19(7-4-12-30-25(28)29)33-24(37)20(31-15-21(34)35)13-16-5-2-1-3-6-16/h8-11,16,19-20,31H,1-7,12-15H2,(H3,26,27)(H,32,36)(H,33,37)(H,34,35)(H4,28,29,30)/t19-,20+/m0/s1. The van der Waals surface area contributed by atoms with Crippen LogP contribution in [-0.4, -0.2) is 59.9 Å². The second-order valence-corrected chi connectivity index (χ2v) is 9.41. The highest BCUT2D eigenvalue weighted by Crippen LogP contribution is 2.27. The Bertz CT molecular complexity index is 941. The highest BCUT2D eigenvalue weighted by Gasteiger charge is 2.28. The summed E-state index contributed by atoms with van der Waals surface area (Å²) in [6.07, 6.45) is 6.65. The van der Waals surface area contributed by atoms with Crippen LogP contribution in [0.4, 0.5) is 0 Å². The monoisotopic (exact) mass is 516 g/mol. The maximum absolute atomic E-state index is 13.2. The van der Waals surface area contributed by atoms with Crippen molar-refractivity contribution in [2.75, 3.05) is 13.1 Å². The van der Waals surface area contributed by atoms with E-state index in [0.717, 1.165) is 31.2 Å². The summed E-state index contributed by atoms with van der Waals surface area (Å²) in [5.74, 6) is -1.59. The van der Waals surface area contributed by atoms with Crippen molar-refractivity contribution in [3.63, 3.8) is 0 Å². The lowest BCUT2D eigenvalue weighted by Crippen LogP contribution is -2.53. The fourth-order valence-corrected chi connectivity index (χ4v) is 4.41. The minimum Gasteiger partial charge on any atom is -0.480 e. The lowest BCUT2D eigenvalue weighted by atomic mass is 9.84. The zero-order valence-corrected chi connectivity index (χ0v) is 21.2. The van der Waals surface area contributed by atoms with Gasteiger partial charge in [-0.3, -0.25) is 30.1 Å². The fraction of sp³-hybridized carbons (Fsp3) is 0.560. The predicted octanol–water partition coefficient (Wildman–Crippen LogP) is 0.138.